The van der Waals surface area contributed by atoms with Gasteiger partial charge in [-0.1, -0.05) is 18.2 Å². The standard InChI is InChI=1S/C34H31N5O3/c40-33(22-23-34(41)42)39-32-20-18-31(19-21-32)38-30-16-14-29(15-17-30)37-28-12-10-27(11-13-28)36-26-8-6-25(7-9-26)35-24-4-2-1-3-5-24/h1-21,35-38H,22-23H2,(H,39,40)(H,41,42). The van der Waals surface area contributed by atoms with E-state index in [1.54, 1.807) is 12.1 Å². The predicted octanol–water partition coefficient (Wildman–Crippen LogP) is 8.46. The zero-order valence-corrected chi connectivity index (χ0v) is 22.8. The van der Waals surface area contributed by atoms with Gasteiger partial charge >= 0.3 is 5.97 Å². The molecule has 0 radical (unpaired) electrons. The van der Waals surface area contributed by atoms with E-state index in [1.807, 2.05) is 115 Å². The van der Waals surface area contributed by atoms with E-state index >= 15 is 0 Å². The fourth-order valence-corrected chi connectivity index (χ4v) is 4.18. The highest BCUT2D eigenvalue weighted by atomic mass is 16.4. The van der Waals surface area contributed by atoms with Crippen LogP contribution in [-0.4, -0.2) is 17.0 Å². The van der Waals surface area contributed by atoms with Gasteiger partial charge in [0.2, 0.25) is 5.91 Å². The van der Waals surface area contributed by atoms with Crippen molar-refractivity contribution in [2.24, 2.45) is 0 Å². The van der Waals surface area contributed by atoms with Gasteiger partial charge in [0.25, 0.3) is 0 Å². The molecule has 0 aliphatic heterocycles. The van der Waals surface area contributed by atoms with Gasteiger partial charge in [0.15, 0.2) is 0 Å². The van der Waals surface area contributed by atoms with Crippen LogP contribution in [0.1, 0.15) is 12.8 Å². The Balaban J connectivity index is 1.09. The molecule has 0 aliphatic rings. The number of rotatable bonds is 12. The topological polar surface area (TPSA) is 115 Å². The highest BCUT2D eigenvalue weighted by molar-refractivity contribution is 5.92. The third-order valence-corrected chi connectivity index (χ3v) is 6.32. The Labute approximate surface area is 244 Å². The monoisotopic (exact) mass is 557 g/mol. The Morgan fingerprint density at radius 1 is 0.405 bits per heavy atom. The summed E-state index contributed by atoms with van der Waals surface area (Å²) < 4.78 is 0. The van der Waals surface area contributed by atoms with Crippen molar-refractivity contribution in [3.8, 4) is 0 Å². The lowest BCUT2D eigenvalue weighted by molar-refractivity contribution is -0.138. The molecule has 0 unspecified atom stereocenters. The molecule has 42 heavy (non-hydrogen) atoms. The van der Waals surface area contributed by atoms with Gasteiger partial charge in [-0.05, 0) is 109 Å². The van der Waals surface area contributed by atoms with Gasteiger partial charge in [-0.3, -0.25) is 9.59 Å². The normalized spacial score (nSPS) is 10.4. The van der Waals surface area contributed by atoms with E-state index < -0.39 is 5.97 Å². The molecule has 0 saturated heterocycles. The first kappa shape index (κ1) is 27.8. The number of anilines is 9. The summed E-state index contributed by atoms with van der Waals surface area (Å²) in [5, 5.41) is 25.0. The first-order valence-electron chi connectivity index (χ1n) is 13.5. The molecular weight excluding hydrogens is 526 g/mol. The Morgan fingerprint density at radius 2 is 0.690 bits per heavy atom. The van der Waals surface area contributed by atoms with E-state index in [0.717, 1.165) is 45.5 Å². The van der Waals surface area contributed by atoms with Gasteiger partial charge in [0.05, 0.1) is 6.42 Å². The largest absolute Gasteiger partial charge is 0.481 e. The number of carbonyl (C=O) groups excluding carboxylic acids is 1. The van der Waals surface area contributed by atoms with Crippen LogP contribution in [0.5, 0.6) is 0 Å². The van der Waals surface area contributed by atoms with Crippen molar-refractivity contribution >= 4 is 63.1 Å². The minimum Gasteiger partial charge on any atom is -0.481 e. The molecule has 8 heteroatoms. The summed E-state index contributed by atoms with van der Waals surface area (Å²) in [6.07, 6.45) is -0.249. The molecular formula is C34H31N5O3. The molecule has 5 rings (SSSR count). The Bertz CT molecular complexity index is 1600. The van der Waals surface area contributed by atoms with Gasteiger partial charge in [0.1, 0.15) is 0 Å². The number of carbonyl (C=O) groups is 2. The summed E-state index contributed by atoms with van der Waals surface area (Å²) in [4.78, 5) is 22.4. The van der Waals surface area contributed by atoms with Gasteiger partial charge < -0.3 is 31.7 Å². The third kappa shape index (κ3) is 8.37. The Morgan fingerprint density at radius 3 is 1.00 bits per heavy atom. The average molecular weight is 558 g/mol. The summed E-state index contributed by atoms with van der Waals surface area (Å²) in [6, 6.07) is 41.6. The quantitative estimate of drug-likeness (QED) is 0.0912. The summed E-state index contributed by atoms with van der Waals surface area (Å²) in [7, 11) is 0. The lowest BCUT2D eigenvalue weighted by Gasteiger charge is -2.12. The van der Waals surface area contributed by atoms with E-state index in [4.69, 9.17) is 5.11 Å². The maximum Gasteiger partial charge on any atom is 0.303 e. The zero-order chi connectivity index (χ0) is 29.1. The van der Waals surface area contributed by atoms with Crippen LogP contribution in [0.3, 0.4) is 0 Å². The number of hydrogen-bond acceptors (Lipinski definition) is 6. The summed E-state index contributed by atoms with van der Waals surface area (Å²) in [5.74, 6) is -1.32. The summed E-state index contributed by atoms with van der Waals surface area (Å²) in [6.45, 7) is 0. The Kier molecular flexibility index (Phi) is 8.96. The van der Waals surface area contributed by atoms with Crippen molar-refractivity contribution in [3.05, 3.63) is 127 Å². The average Bonchev–Trinajstić information content (AvgIpc) is 3.01. The number of carboxylic acids is 1. The minimum absolute atomic E-state index is 0.0564. The van der Waals surface area contributed by atoms with Crippen LogP contribution in [-0.2, 0) is 9.59 Å². The molecule has 0 heterocycles. The SMILES string of the molecule is O=C(O)CCC(=O)Nc1ccc(Nc2ccc(Nc3ccc(Nc4ccc(Nc5ccccc5)cc4)cc3)cc2)cc1. The zero-order valence-electron chi connectivity index (χ0n) is 22.8. The molecule has 0 fully saturated rings. The van der Waals surface area contributed by atoms with Crippen molar-refractivity contribution < 1.29 is 14.7 Å². The number of benzene rings is 5. The van der Waals surface area contributed by atoms with Crippen LogP contribution in [0.15, 0.2) is 127 Å². The van der Waals surface area contributed by atoms with E-state index in [2.05, 4.69) is 26.6 Å². The van der Waals surface area contributed by atoms with Crippen molar-refractivity contribution in [1.29, 1.82) is 0 Å². The molecule has 210 valence electrons. The summed E-state index contributed by atoms with van der Waals surface area (Å²) in [5.41, 5.74) is 8.42. The van der Waals surface area contributed by atoms with E-state index in [-0.39, 0.29) is 18.7 Å². The van der Waals surface area contributed by atoms with Gasteiger partial charge in [-0.2, -0.15) is 0 Å². The molecule has 0 atom stereocenters. The molecule has 0 bridgehead atoms. The van der Waals surface area contributed by atoms with Crippen molar-refractivity contribution in [2.75, 3.05) is 26.6 Å². The highest BCUT2D eigenvalue weighted by Crippen LogP contribution is 2.25. The number of aliphatic carboxylic acids is 1. The molecule has 6 N–H and O–H groups in total. The second kappa shape index (κ2) is 13.5. The van der Waals surface area contributed by atoms with Gasteiger partial charge in [-0.15, -0.1) is 0 Å². The molecule has 1 amide bonds. The van der Waals surface area contributed by atoms with Crippen LogP contribution in [0.4, 0.5) is 51.2 Å². The van der Waals surface area contributed by atoms with Crippen LogP contribution in [0.25, 0.3) is 0 Å². The fourth-order valence-electron chi connectivity index (χ4n) is 4.18. The minimum atomic E-state index is -0.994. The maximum absolute atomic E-state index is 11.8. The van der Waals surface area contributed by atoms with Crippen LogP contribution < -0.4 is 26.6 Å². The molecule has 5 aromatic carbocycles. The number of para-hydroxylation sites is 1. The van der Waals surface area contributed by atoms with Crippen molar-refractivity contribution in [1.82, 2.24) is 0 Å². The fraction of sp³-hybridized carbons (Fsp3) is 0.0588. The molecule has 0 saturated carbocycles. The maximum atomic E-state index is 11.8. The second-order valence-corrected chi connectivity index (χ2v) is 9.62. The van der Waals surface area contributed by atoms with E-state index in [9.17, 15) is 9.59 Å². The molecule has 5 aromatic rings. The number of carboxylic acid groups (broad SMARTS) is 1. The number of nitrogens with one attached hydrogen (secondary N) is 5. The molecule has 8 nitrogen and oxygen atoms in total. The Hall–Kier alpha value is -5.76. The van der Waals surface area contributed by atoms with E-state index in [1.165, 1.54) is 0 Å². The van der Waals surface area contributed by atoms with Crippen LogP contribution in [0.2, 0.25) is 0 Å². The first-order chi connectivity index (χ1) is 20.5. The number of amides is 1. The smallest absolute Gasteiger partial charge is 0.303 e. The highest BCUT2D eigenvalue weighted by Gasteiger charge is 2.06. The first-order valence-corrected chi connectivity index (χ1v) is 13.5. The molecule has 0 spiro atoms. The lowest BCUT2D eigenvalue weighted by atomic mass is 10.2. The van der Waals surface area contributed by atoms with Crippen molar-refractivity contribution in [3.63, 3.8) is 0 Å². The lowest BCUT2D eigenvalue weighted by Crippen LogP contribution is -2.13. The number of hydrogen-bond donors (Lipinski definition) is 6. The summed E-state index contributed by atoms with van der Waals surface area (Å²) >= 11 is 0. The predicted molar refractivity (Wildman–Crippen MR) is 171 cm³/mol. The van der Waals surface area contributed by atoms with Gasteiger partial charge in [0, 0.05) is 57.6 Å². The molecule has 0 aromatic heterocycles. The van der Waals surface area contributed by atoms with E-state index in [0.29, 0.717) is 5.69 Å². The second-order valence-electron chi connectivity index (χ2n) is 9.62. The van der Waals surface area contributed by atoms with Gasteiger partial charge in [-0.25, -0.2) is 0 Å². The third-order valence-electron chi connectivity index (χ3n) is 6.32. The van der Waals surface area contributed by atoms with Crippen molar-refractivity contribution in [2.45, 2.75) is 12.8 Å². The molecule has 0 aliphatic carbocycles. The van der Waals surface area contributed by atoms with Crippen LogP contribution >= 0.6 is 0 Å². The van der Waals surface area contributed by atoms with Crippen LogP contribution in [0, 0.1) is 0 Å².